The highest BCUT2D eigenvalue weighted by Crippen LogP contribution is 2.22. The van der Waals surface area contributed by atoms with E-state index in [0.29, 0.717) is 37.1 Å². The van der Waals surface area contributed by atoms with E-state index < -0.39 is 12.3 Å². The molecule has 0 aliphatic rings. The molecule has 37 heavy (non-hydrogen) atoms. The van der Waals surface area contributed by atoms with E-state index in [0.717, 1.165) is 19.4 Å². The summed E-state index contributed by atoms with van der Waals surface area (Å²) in [5, 5.41) is 9.06. The number of nitrogens with zero attached hydrogens (tertiary/aromatic N) is 1. The van der Waals surface area contributed by atoms with Crippen molar-refractivity contribution in [1.82, 2.24) is 4.90 Å². The second-order valence-corrected chi connectivity index (χ2v) is 9.41. The van der Waals surface area contributed by atoms with Gasteiger partial charge in [0.2, 0.25) is 0 Å². The number of aliphatic hydroxyl groups is 1. The van der Waals surface area contributed by atoms with E-state index in [4.69, 9.17) is 14.6 Å². The van der Waals surface area contributed by atoms with Crippen molar-refractivity contribution < 1.29 is 32.5 Å². The molecule has 1 N–H and O–H groups in total. The van der Waals surface area contributed by atoms with Crippen LogP contribution in [0.3, 0.4) is 0 Å². The van der Waals surface area contributed by atoms with E-state index >= 15 is 0 Å². The van der Waals surface area contributed by atoms with Gasteiger partial charge in [-0.2, -0.15) is 13.2 Å². The minimum Gasteiger partial charge on any atom is -0.492 e. The number of carbonyl (C=O) groups excluding carboxylic acids is 1. The minimum absolute atomic E-state index is 0.244. The van der Waals surface area contributed by atoms with Crippen molar-refractivity contribution in [3.63, 3.8) is 0 Å². The number of hydrogen-bond donors (Lipinski definition) is 1. The highest BCUT2D eigenvalue weighted by Gasteiger charge is 2.36. The number of hydrogen-bond acceptors (Lipinski definition) is 5. The molecular formula is C29H46F3NO4. The maximum Gasteiger partial charge on any atom is 0.417 e. The molecule has 0 radical (unpaired) electrons. The molecule has 8 heteroatoms. The fraction of sp³-hybridized carbons (Fsp3) is 0.690. The van der Waals surface area contributed by atoms with Gasteiger partial charge in [0.05, 0.1) is 6.61 Å². The summed E-state index contributed by atoms with van der Waals surface area (Å²) in [6, 6.07) is 6.21. The smallest absolute Gasteiger partial charge is 0.417 e. The molecule has 0 saturated carbocycles. The van der Waals surface area contributed by atoms with Crippen molar-refractivity contribution in [2.75, 3.05) is 26.3 Å². The van der Waals surface area contributed by atoms with Crippen LogP contribution in [0.4, 0.5) is 13.2 Å². The third kappa shape index (κ3) is 15.1. The number of unbranched alkanes of at least 4 members (excludes halogenated alkanes) is 9. The van der Waals surface area contributed by atoms with E-state index in [1.165, 1.54) is 57.4 Å². The van der Waals surface area contributed by atoms with Crippen molar-refractivity contribution >= 4 is 12.0 Å². The molecule has 212 valence electrons. The number of ether oxygens (including phenoxy) is 2. The molecule has 1 rings (SSSR count). The summed E-state index contributed by atoms with van der Waals surface area (Å²) in [5.41, 5.74) is 0.522. The van der Waals surface area contributed by atoms with Gasteiger partial charge in [-0.15, -0.1) is 0 Å². The highest BCUT2D eigenvalue weighted by molar-refractivity contribution is 5.75. The number of benzene rings is 1. The molecule has 0 spiro atoms. The Balaban J connectivity index is 2.46. The Morgan fingerprint density at radius 1 is 0.946 bits per heavy atom. The van der Waals surface area contributed by atoms with Gasteiger partial charge in [0.1, 0.15) is 18.4 Å². The van der Waals surface area contributed by atoms with E-state index in [-0.39, 0.29) is 12.0 Å². The van der Waals surface area contributed by atoms with Crippen LogP contribution in [-0.4, -0.2) is 60.6 Å². The van der Waals surface area contributed by atoms with Crippen molar-refractivity contribution in [3.05, 3.63) is 35.9 Å². The van der Waals surface area contributed by atoms with E-state index in [9.17, 15) is 18.0 Å². The van der Waals surface area contributed by atoms with Gasteiger partial charge in [-0.05, 0) is 50.6 Å². The lowest BCUT2D eigenvalue weighted by Crippen LogP contribution is -2.42. The minimum atomic E-state index is -4.68. The lowest BCUT2D eigenvalue weighted by Gasteiger charge is -2.27. The summed E-state index contributed by atoms with van der Waals surface area (Å²) in [6.45, 7) is 7.92. The molecule has 0 amide bonds. The van der Waals surface area contributed by atoms with Gasteiger partial charge >= 0.3 is 12.1 Å². The molecule has 0 fully saturated rings. The summed E-state index contributed by atoms with van der Waals surface area (Å²) in [6.07, 6.45) is 7.22. The van der Waals surface area contributed by atoms with E-state index in [2.05, 4.69) is 11.8 Å². The molecule has 2 unspecified atom stereocenters. The Hall–Kier alpha value is -2.06. The third-order valence-corrected chi connectivity index (χ3v) is 6.31. The molecule has 2 atom stereocenters. The molecular weight excluding hydrogens is 483 g/mol. The maximum atomic E-state index is 12.4. The summed E-state index contributed by atoms with van der Waals surface area (Å²) in [7, 11) is 0. The topological polar surface area (TPSA) is 59.0 Å². The number of carbonyl (C=O) groups is 1. The molecule has 0 aromatic heterocycles. The fourth-order valence-corrected chi connectivity index (χ4v) is 3.98. The largest absolute Gasteiger partial charge is 0.492 e. The van der Waals surface area contributed by atoms with Crippen LogP contribution >= 0.6 is 0 Å². The van der Waals surface area contributed by atoms with Crippen LogP contribution in [0, 0.1) is 0 Å². The van der Waals surface area contributed by atoms with Gasteiger partial charge in [-0.3, -0.25) is 9.69 Å². The van der Waals surface area contributed by atoms with Crippen molar-refractivity contribution in [2.45, 2.75) is 103 Å². The highest BCUT2D eigenvalue weighted by atomic mass is 19.4. The monoisotopic (exact) mass is 529 g/mol. The van der Waals surface area contributed by atoms with Crippen LogP contribution in [0.1, 0.15) is 90.5 Å². The van der Waals surface area contributed by atoms with Gasteiger partial charge in [0.15, 0.2) is 6.10 Å². The molecule has 1 aromatic rings. The Morgan fingerprint density at radius 3 is 2.05 bits per heavy atom. The first-order valence-corrected chi connectivity index (χ1v) is 13.8. The van der Waals surface area contributed by atoms with Crippen molar-refractivity contribution in [1.29, 1.82) is 0 Å². The van der Waals surface area contributed by atoms with Crippen molar-refractivity contribution in [2.24, 2.45) is 0 Å². The first kappa shape index (κ1) is 33.0. The van der Waals surface area contributed by atoms with Crippen LogP contribution in [0.15, 0.2) is 30.3 Å². The van der Waals surface area contributed by atoms with Crippen molar-refractivity contribution in [3.8, 4) is 5.75 Å². The first-order chi connectivity index (χ1) is 17.7. The molecule has 0 aliphatic carbocycles. The average Bonchev–Trinajstić information content (AvgIpc) is 2.87. The standard InChI is InChI=1S/C29H46F3NO4/c1-4-6-7-8-9-10-11-12-13-14-21-33(24(3)28(35)36-5-2)22-23-37-26-18-15-25(16-19-26)17-20-27(34)29(30,31)32/h15-20,24,27,34H,4-14,21-23H2,1-3H3/b20-17+. The normalized spacial score (nSPS) is 13.7. The summed E-state index contributed by atoms with van der Waals surface area (Å²) >= 11 is 0. The first-order valence-electron chi connectivity index (χ1n) is 13.8. The van der Waals surface area contributed by atoms with Crippen LogP contribution < -0.4 is 4.74 Å². The van der Waals surface area contributed by atoms with Crippen LogP contribution in [0.2, 0.25) is 0 Å². The molecule has 1 aromatic carbocycles. The lowest BCUT2D eigenvalue weighted by atomic mass is 10.1. The number of halogens is 3. The predicted octanol–water partition coefficient (Wildman–Crippen LogP) is 7.18. The van der Waals surface area contributed by atoms with Crippen LogP contribution in [0.25, 0.3) is 6.08 Å². The predicted molar refractivity (Wildman–Crippen MR) is 143 cm³/mol. The Morgan fingerprint density at radius 2 is 1.51 bits per heavy atom. The lowest BCUT2D eigenvalue weighted by molar-refractivity contribution is -0.187. The Kier molecular flexibility index (Phi) is 17.0. The number of esters is 1. The van der Waals surface area contributed by atoms with E-state index in [1.54, 1.807) is 31.2 Å². The Bertz CT molecular complexity index is 753. The maximum absolute atomic E-state index is 12.4. The number of aliphatic hydroxyl groups excluding tert-OH is 1. The second kappa shape index (κ2) is 19.1. The second-order valence-electron chi connectivity index (χ2n) is 9.41. The van der Waals surface area contributed by atoms with Gasteiger partial charge < -0.3 is 14.6 Å². The Labute approximate surface area is 221 Å². The van der Waals surface area contributed by atoms with E-state index in [1.807, 2.05) is 6.92 Å². The van der Waals surface area contributed by atoms with Crippen LogP contribution in [-0.2, 0) is 9.53 Å². The average molecular weight is 530 g/mol. The molecule has 0 heterocycles. The van der Waals surface area contributed by atoms with Gasteiger partial charge in [0, 0.05) is 6.54 Å². The summed E-state index contributed by atoms with van der Waals surface area (Å²) < 4.78 is 48.3. The van der Waals surface area contributed by atoms with Crippen LogP contribution in [0.5, 0.6) is 5.75 Å². The van der Waals surface area contributed by atoms with Gasteiger partial charge in [0.25, 0.3) is 0 Å². The zero-order valence-electron chi connectivity index (χ0n) is 22.8. The summed E-state index contributed by atoms with van der Waals surface area (Å²) in [4.78, 5) is 14.4. The molecule has 0 bridgehead atoms. The third-order valence-electron chi connectivity index (χ3n) is 6.31. The van der Waals surface area contributed by atoms with Gasteiger partial charge in [-0.25, -0.2) is 0 Å². The zero-order chi connectivity index (χ0) is 27.5. The number of alkyl halides is 3. The quantitative estimate of drug-likeness (QED) is 0.143. The molecule has 0 saturated heterocycles. The molecule has 0 aliphatic heterocycles. The zero-order valence-corrected chi connectivity index (χ0v) is 22.8. The summed E-state index contributed by atoms with van der Waals surface area (Å²) in [5.74, 6) is 0.336. The molecule has 5 nitrogen and oxygen atoms in total. The SMILES string of the molecule is CCCCCCCCCCCCN(CCOc1ccc(/C=C/C(O)C(F)(F)F)cc1)C(C)C(=O)OCC. The number of rotatable bonds is 20. The fourth-order valence-electron chi connectivity index (χ4n) is 3.98. The van der Waals surface area contributed by atoms with Gasteiger partial charge in [-0.1, -0.05) is 82.9 Å².